The topological polar surface area (TPSA) is 12.7 Å². The van der Waals surface area contributed by atoms with Gasteiger partial charge in [0.2, 0.25) is 0 Å². The van der Waals surface area contributed by atoms with Crippen LogP contribution in [0.2, 0.25) is 0 Å². The van der Waals surface area contributed by atoms with Gasteiger partial charge in [-0.1, -0.05) is 42.8 Å². The van der Waals surface area contributed by atoms with Crippen molar-refractivity contribution in [3.05, 3.63) is 97.6 Å². The molecule has 32 heavy (non-hydrogen) atoms. The maximum atomic E-state index is 2.50. The van der Waals surface area contributed by atoms with Gasteiger partial charge in [0.15, 0.2) is 24.8 Å². The van der Waals surface area contributed by atoms with Gasteiger partial charge < -0.3 is 4.57 Å². The Morgan fingerprint density at radius 2 is 1.12 bits per heavy atom. The van der Waals surface area contributed by atoms with Crippen LogP contribution in [0.15, 0.2) is 97.6 Å². The number of nitrogens with zero attached hydrogens (tertiary/aromatic N) is 3. The Hall–Kier alpha value is -3.46. The zero-order valence-corrected chi connectivity index (χ0v) is 18.8. The van der Waals surface area contributed by atoms with Crippen molar-refractivity contribution in [3.63, 3.8) is 0 Å². The molecular formula is C29H31N3+2. The summed E-state index contributed by atoms with van der Waals surface area (Å²) in [5.74, 6) is 0. The van der Waals surface area contributed by atoms with E-state index < -0.39 is 0 Å². The fourth-order valence-electron chi connectivity index (χ4n) is 4.65. The minimum atomic E-state index is 1.08. The van der Waals surface area contributed by atoms with Crippen molar-refractivity contribution >= 4 is 21.8 Å². The Morgan fingerprint density at radius 1 is 0.594 bits per heavy atom. The van der Waals surface area contributed by atoms with E-state index in [-0.39, 0.29) is 0 Å². The molecule has 0 atom stereocenters. The first-order chi connectivity index (χ1) is 15.8. The molecule has 0 aliphatic heterocycles. The van der Waals surface area contributed by atoms with Crippen LogP contribution in [-0.2, 0) is 20.1 Å². The van der Waals surface area contributed by atoms with Crippen molar-refractivity contribution in [3.8, 4) is 11.1 Å². The largest absolute Gasteiger partial charge is 0.340 e. The Balaban J connectivity index is 1.13. The van der Waals surface area contributed by atoms with E-state index in [2.05, 4.69) is 111 Å². The Labute approximate surface area is 190 Å². The number of pyridine rings is 2. The predicted molar refractivity (Wildman–Crippen MR) is 131 cm³/mol. The maximum Gasteiger partial charge on any atom is 0.169 e. The summed E-state index contributed by atoms with van der Waals surface area (Å²) in [6.07, 6.45) is 13.6. The van der Waals surface area contributed by atoms with E-state index in [4.69, 9.17) is 0 Å². The molecular weight excluding hydrogens is 390 g/mol. The number of hydrogen-bond donors (Lipinski definition) is 0. The summed E-state index contributed by atoms with van der Waals surface area (Å²) >= 11 is 0. The lowest BCUT2D eigenvalue weighted by molar-refractivity contribution is -0.697. The number of aromatic nitrogens is 3. The van der Waals surface area contributed by atoms with E-state index in [1.54, 1.807) is 0 Å². The van der Waals surface area contributed by atoms with Gasteiger partial charge in [-0.25, -0.2) is 9.13 Å². The molecule has 0 aliphatic carbocycles. The van der Waals surface area contributed by atoms with Gasteiger partial charge in [0.25, 0.3) is 0 Å². The molecule has 0 N–H and O–H groups in total. The molecule has 2 aromatic carbocycles. The van der Waals surface area contributed by atoms with Gasteiger partial charge >= 0.3 is 0 Å². The van der Waals surface area contributed by atoms with Crippen LogP contribution in [0.1, 0.15) is 25.7 Å². The smallest absolute Gasteiger partial charge is 0.169 e. The van der Waals surface area contributed by atoms with Crippen LogP contribution in [0.4, 0.5) is 0 Å². The van der Waals surface area contributed by atoms with E-state index in [0.29, 0.717) is 0 Å². The molecule has 0 amide bonds. The Kier molecular flexibility index (Phi) is 5.98. The van der Waals surface area contributed by atoms with Gasteiger partial charge in [0, 0.05) is 59.0 Å². The molecule has 3 heteroatoms. The van der Waals surface area contributed by atoms with Gasteiger partial charge in [-0.2, -0.15) is 0 Å². The van der Waals surface area contributed by atoms with Crippen molar-refractivity contribution in [1.82, 2.24) is 4.57 Å². The molecule has 5 rings (SSSR count). The molecule has 0 saturated carbocycles. The highest BCUT2D eigenvalue weighted by Gasteiger charge is 2.09. The van der Waals surface area contributed by atoms with Crippen molar-refractivity contribution in [2.75, 3.05) is 0 Å². The maximum absolute atomic E-state index is 2.50. The van der Waals surface area contributed by atoms with Gasteiger partial charge in [-0.3, -0.25) is 0 Å². The van der Waals surface area contributed by atoms with E-state index in [1.165, 1.54) is 58.6 Å². The molecule has 0 aliphatic rings. The molecule has 0 unspecified atom stereocenters. The minimum absolute atomic E-state index is 1.08. The SMILES string of the molecule is C[n+]1ccc(-c2cc[n+](CCCCCCn3c4ccccc4c4ccccc43)cc2)cc1. The van der Waals surface area contributed by atoms with Gasteiger partial charge in [0.1, 0.15) is 13.6 Å². The second-order valence-electron chi connectivity index (χ2n) is 8.68. The molecule has 0 radical (unpaired) electrons. The highest BCUT2D eigenvalue weighted by Crippen LogP contribution is 2.29. The number of benzene rings is 2. The number of unbranched alkanes of at least 4 members (excludes halogenated alkanes) is 3. The number of fused-ring (bicyclic) bond motifs is 3. The predicted octanol–water partition coefficient (Wildman–Crippen LogP) is 5.83. The average Bonchev–Trinajstić information content (AvgIpc) is 3.16. The van der Waals surface area contributed by atoms with Crippen LogP contribution >= 0.6 is 0 Å². The van der Waals surface area contributed by atoms with E-state index >= 15 is 0 Å². The third-order valence-corrected chi connectivity index (χ3v) is 6.43. The molecule has 0 saturated heterocycles. The molecule has 3 nitrogen and oxygen atoms in total. The van der Waals surface area contributed by atoms with Crippen LogP contribution < -0.4 is 9.13 Å². The summed E-state index contributed by atoms with van der Waals surface area (Å²) in [4.78, 5) is 0. The minimum Gasteiger partial charge on any atom is -0.340 e. The first-order valence-corrected chi connectivity index (χ1v) is 11.7. The molecule has 0 bridgehead atoms. The molecule has 0 fully saturated rings. The van der Waals surface area contributed by atoms with E-state index in [0.717, 1.165) is 13.1 Å². The molecule has 3 heterocycles. The molecule has 3 aromatic heterocycles. The van der Waals surface area contributed by atoms with E-state index in [9.17, 15) is 0 Å². The summed E-state index contributed by atoms with van der Waals surface area (Å²) in [6, 6.07) is 26.4. The quantitative estimate of drug-likeness (QED) is 0.221. The number of aryl methyl sites for hydroxylation is 3. The van der Waals surface area contributed by atoms with Gasteiger partial charge in [0.05, 0.1) is 0 Å². The van der Waals surface area contributed by atoms with Crippen molar-refractivity contribution < 1.29 is 9.13 Å². The normalized spacial score (nSPS) is 11.4. The second kappa shape index (κ2) is 9.35. The lowest BCUT2D eigenvalue weighted by Crippen LogP contribution is -2.32. The molecule has 160 valence electrons. The van der Waals surface area contributed by atoms with Gasteiger partial charge in [-0.15, -0.1) is 0 Å². The van der Waals surface area contributed by atoms with Crippen LogP contribution in [0.25, 0.3) is 32.9 Å². The number of para-hydroxylation sites is 2. The first-order valence-electron chi connectivity index (χ1n) is 11.7. The molecule has 0 spiro atoms. The fraction of sp³-hybridized carbons (Fsp3) is 0.241. The third kappa shape index (κ3) is 4.29. The van der Waals surface area contributed by atoms with Crippen molar-refractivity contribution in [2.45, 2.75) is 38.8 Å². The average molecular weight is 422 g/mol. The summed E-state index contributed by atoms with van der Waals surface area (Å²) < 4.78 is 6.87. The summed E-state index contributed by atoms with van der Waals surface area (Å²) in [6.45, 7) is 2.17. The summed E-state index contributed by atoms with van der Waals surface area (Å²) in [5, 5.41) is 2.74. The Morgan fingerprint density at radius 3 is 1.75 bits per heavy atom. The van der Waals surface area contributed by atoms with Crippen LogP contribution in [-0.4, -0.2) is 4.57 Å². The monoisotopic (exact) mass is 421 g/mol. The van der Waals surface area contributed by atoms with Gasteiger partial charge in [-0.05, 0) is 36.1 Å². The molecule has 5 aromatic rings. The Bertz CT molecular complexity index is 1260. The van der Waals surface area contributed by atoms with Crippen LogP contribution in [0, 0.1) is 0 Å². The fourth-order valence-corrected chi connectivity index (χ4v) is 4.65. The lowest BCUT2D eigenvalue weighted by Gasteiger charge is -2.07. The lowest BCUT2D eigenvalue weighted by atomic mass is 10.1. The third-order valence-electron chi connectivity index (χ3n) is 6.43. The zero-order chi connectivity index (χ0) is 21.8. The van der Waals surface area contributed by atoms with Crippen LogP contribution in [0.3, 0.4) is 0 Å². The highest BCUT2D eigenvalue weighted by atomic mass is 15.0. The summed E-state index contributed by atoms with van der Waals surface area (Å²) in [5.41, 5.74) is 5.25. The first kappa shape index (κ1) is 20.4. The highest BCUT2D eigenvalue weighted by molar-refractivity contribution is 6.07. The summed E-state index contributed by atoms with van der Waals surface area (Å²) in [7, 11) is 2.05. The van der Waals surface area contributed by atoms with Crippen molar-refractivity contribution in [2.24, 2.45) is 7.05 Å². The van der Waals surface area contributed by atoms with Crippen LogP contribution in [0.5, 0.6) is 0 Å². The van der Waals surface area contributed by atoms with E-state index in [1.807, 2.05) is 7.05 Å². The number of rotatable bonds is 8. The zero-order valence-electron chi connectivity index (χ0n) is 18.8. The standard InChI is InChI=1S/C29H31N3/c1-30-20-14-24(15-21-30)25-16-22-31(23-17-25)18-8-2-3-9-19-32-28-12-6-4-10-26(28)27-11-5-7-13-29(27)32/h4-7,10-17,20-23H,2-3,8-9,18-19H2,1H3/q+2. The number of hydrogen-bond acceptors (Lipinski definition) is 0. The van der Waals surface area contributed by atoms with Crippen molar-refractivity contribution in [1.29, 1.82) is 0 Å². The second-order valence-corrected chi connectivity index (χ2v) is 8.68.